The average molecular weight is 338 g/mol. The van der Waals surface area contributed by atoms with Crippen molar-refractivity contribution in [2.24, 2.45) is 17.3 Å². The van der Waals surface area contributed by atoms with E-state index in [1.54, 1.807) is 7.11 Å². The van der Waals surface area contributed by atoms with Crippen molar-refractivity contribution in [3.8, 4) is 5.88 Å². The van der Waals surface area contributed by atoms with E-state index in [0.717, 1.165) is 24.8 Å². The van der Waals surface area contributed by atoms with Crippen molar-refractivity contribution in [2.45, 2.75) is 39.5 Å². The Labute approximate surface area is 153 Å². The first-order valence-electron chi connectivity index (χ1n) is 9.03. The van der Waals surface area contributed by atoms with Gasteiger partial charge in [-0.15, -0.1) is 6.58 Å². The summed E-state index contributed by atoms with van der Waals surface area (Å²) < 4.78 is 5.08. The van der Waals surface area contributed by atoms with Gasteiger partial charge in [0.05, 0.1) is 7.11 Å². The van der Waals surface area contributed by atoms with Crippen LogP contribution < -0.4 is 4.74 Å². The molecule has 1 aliphatic rings. The molecule has 0 bridgehead atoms. The van der Waals surface area contributed by atoms with E-state index in [1.807, 2.05) is 18.3 Å². The number of pyridine rings is 1. The molecule has 3 atom stereocenters. The Kier molecular flexibility index (Phi) is 6.41. The number of allylic oxidation sites excluding steroid dienone is 4. The van der Waals surface area contributed by atoms with Crippen molar-refractivity contribution >= 4 is 6.08 Å². The highest BCUT2D eigenvalue weighted by Crippen LogP contribution is 2.49. The first kappa shape index (κ1) is 19.2. The molecule has 1 saturated carbocycles. The second-order valence-electron chi connectivity index (χ2n) is 7.48. The lowest BCUT2D eigenvalue weighted by atomic mass is 9.61. The minimum Gasteiger partial charge on any atom is -0.481 e. The van der Waals surface area contributed by atoms with E-state index in [2.05, 4.69) is 56.8 Å². The highest BCUT2D eigenvalue weighted by atomic mass is 16.5. The fourth-order valence-corrected chi connectivity index (χ4v) is 3.83. The van der Waals surface area contributed by atoms with E-state index in [4.69, 9.17) is 4.74 Å². The first-order valence-corrected chi connectivity index (χ1v) is 9.03. The van der Waals surface area contributed by atoms with Gasteiger partial charge in [-0.1, -0.05) is 49.5 Å². The summed E-state index contributed by atoms with van der Waals surface area (Å²) in [5, 5.41) is 0. The fourth-order valence-electron chi connectivity index (χ4n) is 3.83. The number of methoxy groups -OCH3 is 1. The summed E-state index contributed by atoms with van der Waals surface area (Å²) in [6, 6.07) is 3.89. The summed E-state index contributed by atoms with van der Waals surface area (Å²) in [5.74, 6) is 1.70. The lowest BCUT2D eigenvalue weighted by Gasteiger charge is -2.43. The third kappa shape index (κ3) is 4.72. The van der Waals surface area contributed by atoms with Gasteiger partial charge in [0, 0.05) is 12.3 Å². The van der Waals surface area contributed by atoms with Gasteiger partial charge in [-0.05, 0) is 61.5 Å². The lowest BCUT2D eigenvalue weighted by Crippen LogP contribution is -2.33. The van der Waals surface area contributed by atoms with Crippen LogP contribution in [0.2, 0.25) is 0 Å². The molecule has 25 heavy (non-hydrogen) atoms. The van der Waals surface area contributed by atoms with Gasteiger partial charge in [0.25, 0.3) is 0 Å². The van der Waals surface area contributed by atoms with Gasteiger partial charge < -0.3 is 4.74 Å². The Morgan fingerprint density at radius 1 is 1.40 bits per heavy atom. The minimum atomic E-state index is 0.174. The van der Waals surface area contributed by atoms with Gasteiger partial charge in [0.1, 0.15) is 0 Å². The van der Waals surface area contributed by atoms with Crippen molar-refractivity contribution in [3.05, 3.63) is 66.9 Å². The molecule has 1 heterocycles. The van der Waals surface area contributed by atoms with Gasteiger partial charge in [-0.3, -0.25) is 0 Å². The predicted molar refractivity (Wildman–Crippen MR) is 108 cm³/mol. The Balaban J connectivity index is 1.95. The third-order valence-electron chi connectivity index (χ3n) is 5.64. The van der Waals surface area contributed by atoms with E-state index in [1.165, 1.54) is 17.6 Å². The van der Waals surface area contributed by atoms with Gasteiger partial charge in [-0.2, -0.15) is 0 Å². The van der Waals surface area contributed by atoms with Crippen LogP contribution in [0, 0.1) is 17.3 Å². The zero-order valence-corrected chi connectivity index (χ0v) is 15.9. The second kappa shape index (κ2) is 8.33. The summed E-state index contributed by atoms with van der Waals surface area (Å²) in [6.07, 6.45) is 12.6. The molecule has 0 amide bonds. The molecule has 2 heteroatoms. The van der Waals surface area contributed by atoms with E-state index in [-0.39, 0.29) is 5.41 Å². The summed E-state index contributed by atoms with van der Waals surface area (Å²) in [7, 11) is 1.63. The van der Waals surface area contributed by atoms with Crippen LogP contribution in [0.4, 0.5) is 0 Å². The summed E-state index contributed by atoms with van der Waals surface area (Å²) in [4.78, 5) is 4.22. The molecular weight excluding hydrogens is 306 g/mol. The third-order valence-corrected chi connectivity index (χ3v) is 5.64. The molecule has 1 aromatic heterocycles. The first-order chi connectivity index (χ1) is 11.9. The van der Waals surface area contributed by atoms with E-state index >= 15 is 0 Å². The van der Waals surface area contributed by atoms with Crippen LogP contribution in [0.1, 0.15) is 45.1 Å². The predicted octanol–water partition coefficient (Wildman–Crippen LogP) is 6.23. The molecule has 1 aromatic rings. The van der Waals surface area contributed by atoms with Crippen LogP contribution in [-0.2, 0) is 0 Å². The van der Waals surface area contributed by atoms with Crippen LogP contribution in [-0.4, -0.2) is 12.1 Å². The maximum Gasteiger partial charge on any atom is 0.212 e. The Morgan fingerprint density at radius 2 is 2.16 bits per heavy atom. The van der Waals surface area contributed by atoms with Gasteiger partial charge in [0.15, 0.2) is 0 Å². The van der Waals surface area contributed by atoms with Crippen molar-refractivity contribution in [2.75, 3.05) is 7.11 Å². The lowest BCUT2D eigenvalue weighted by molar-refractivity contribution is 0.169. The molecule has 0 unspecified atom stereocenters. The molecule has 0 aromatic carbocycles. The van der Waals surface area contributed by atoms with Crippen LogP contribution in [0.5, 0.6) is 5.88 Å². The highest BCUT2D eigenvalue weighted by molar-refractivity contribution is 5.48. The number of ether oxygens (including phenoxy) is 1. The second-order valence-corrected chi connectivity index (χ2v) is 7.48. The number of hydrogen-bond donors (Lipinski definition) is 0. The van der Waals surface area contributed by atoms with Gasteiger partial charge in [0.2, 0.25) is 5.88 Å². The molecule has 1 fully saturated rings. The SMILES string of the molecule is C=C[C@]1(C)CC[C@@H](C(=C)C/C=C/c2ccc(OC)nc2)C[C@H]1C(=C)C. The van der Waals surface area contributed by atoms with Crippen LogP contribution >= 0.6 is 0 Å². The molecule has 1 aliphatic carbocycles. The smallest absolute Gasteiger partial charge is 0.212 e. The van der Waals surface area contributed by atoms with Crippen LogP contribution in [0.15, 0.2) is 61.4 Å². The van der Waals surface area contributed by atoms with Crippen molar-refractivity contribution in [1.29, 1.82) is 0 Å². The quantitative estimate of drug-likeness (QED) is 0.550. The van der Waals surface area contributed by atoms with Crippen LogP contribution in [0.3, 0.4) is 0 Å². The summed E-state index contributed by atoms with van der Waals surface area (Å²) in [6.45, 7) is 17.1. The zero-order valence-electron chi connectivity index (χ0n) is 15.9. The molecule has 0 N–H and O–H groups in total. The minimum absolute atomic E-state index is 0.174. The summed E-state index contributed by atoms with van der Waals surface area (Å²) >= 11 is 0. The molecule has 0 aliphatic heterocycles. The molecule has 0 spiro atoms. The summed E-state index contributed by atoms with van der Waals surface area (Å²) in [5.41, 5.74) is 3.83. The molecule has 2 rings (SSSR count). The highest BCUT2D eigenvalue weighted by Gasteiger charge is 2.38. The molecule has 134 valence electrons. The number of rotatable bonds is 7. The molecular formula is C23H31NO. The van der Waals surface area contributed by atoms with Crippen molar-refractivity contribution < 1.29 is 4.74 Å². The number of nitrogens with zero attached hydrogens (tertiary/aromatic N) is 1. The van der Waals surface area contributed by atoms with E-state index in [9.17, 15) is 0 Å². The molecule has 2 nitrogen and oxygen atoms in total. The Bertz CT molecular complexity index is 655. The largest absolute Gasteiger partial charge is 0.481 e. The Morgan fingerprint density at radius 3 is 2.72 bits per heavy atom. The normalized spacial score (nSPS) is 26.4. The standard InChI is InChI=1S/C23H31NO/c1-7-23(5)14-13-20(15-21(23)17(2)3)18(4)9-8-10-19-11-12-22(25-6)24-16-19/h7-8,10-12,16,20-21H,1-2,4,9,13-15H2,3,5-6H3/b10-8+/t20-,21+,23-/m1/s1. The zero-order chi connectivity index (χ0) is 18.4. The van der Waals surface area contributed by atoms with Crippen molar-refractivity contribution in [1.82, 2.24) is 4.98 Å². The maximum atomic E-state index is 5.08. The monoisotopic (exact) mass is 337 g/mol. The van der Waals surface area contributed by atoms with E-state index in [0.29, 0.717) is 17.7 Å². The van der Waals surface area contributed by atoms with Gasteiger partial charge in [-0.25, -0.2) is 4.98 Å². The number of hydrogen-bond acceptors (Lipinski definition) is 2. The molecule has 0 radical (unpaired) electrons. The Hall–Kier alpha value is -2.09. The molecule has 0 saturated heterocycles. The van der Waals surface area contributed by atoms with Gasteiger partial charge >= 0.3 is 0 Å². The topological polar surface area (TPSA) is 22.1 Å². The van der Waals surface area contributed by atoms with E-state index < -0.39 is 0 Å². The average Bonchev–Trinajstić information content (AvgIpc) is 2.62. The van der Waals surface area contributed by atoms with Crippen LogP contribution in [0.25, 0.3) is 6.08 Å². The fraction of sp³-hybridized carbons (Fsp3) is 0.435. The maximum absolute atomic E-state index is 5.08. The van der Waals surface area contributed by atoms with Crippen molar-refractivity contribution in [3.63, 3.8) is 0 Å². The number of aromatic nitrogens is 1.